The first kappa shape index (κ1) is 19.9. The lowest BCUT2D eigenvalue weighted by Gasteiger charge is -2.14. The summed E-state index contributed by atoms with van der Waals surface area (Å²) >= 11 is 1.41. The van der Waals surface area contributed by atoms with Gasteiger partial charge in [0.2, 0.25) is 5.91 Å². The first-order valence-electron chi connectivity index (χ1n) is 7.51. The van der Waals surface area contributed by atoms with Crippen molar-refractivity contribution in [1.82, 2.24) is 0 Å². The quantitative estimate of drug-likeness (QED) is 0.698. The number of nitrogens with one attached hydrogen (secondary N) is 2. The molecule has 0 unspecified atom stereocenters. The van der Waals surface area contributed by atoms with Crippen molar-refractivity contribution in [3.05, 3.63) is 36.4 Å². The second-order valence-corrected chi connectivity index (χ2v) is 7.75. The number of methoxy groups -OCH3 is 2. The molecule has 9 heteroatoms. The molecule has 0 heterocycles. The lowest BCUT2D eigenvalue weighted by Crippen LogP contribution is -2.14. The summed E-state index contributed by atoms with van der Waals surface area (Å²) in [6.45, 7) is 1.37. The molecule has 0 bridgehead atoms. The van der Waals surface area contributed by atoms with Gasteiger partial charge < -0.3 is 14.8 Å². The summed E-state index contributed by atoms with van der Waals surface area (Å²) in [5.41, 5.74) is 0.776. The van der Waals surface area contributed by atoms with Crippen LogP contribution in [0.2, 0.25) is 0 Å². The van der Waals surface area contributed by atoms with E-state index in [1.165, 1.54) is 51.1 Å². The third-order valence-electron chi connectivity index (χ3n) is 3.43. The molecule has 2 N–H and O–H groups in total. The number of hydrogen-bond acceptors (Lipinski definition) is 6. The van der Waals surface area contributed by atoms with Gasteiger partial charge in [0.1, 0.15) is 0 Å². The van der Waals surface area contributed by atoms with Crippen LogP contribution in [-0.2, 0) is 14.8 Å². The molecule has 0 atom stereocenters. The van der Waals surface area contributed by atoms with E-state index in [1.807, 2.05) is 6.26 Å². The van der Waals surface area contributed by atoms with E-state index >= 15 is 0 Å². The molecule has 0 saturated heterocycles. The molecule has 0 spiro atoms. The number of benzene rings is 2. The fraction of sp³-hybridized carbons (Fsp3) is 0.235. The maximum atomic E-state index is 12.7. The standard InChI is InChI=1S/C17H20N2O5S2/c1-11(20)18-14-10-13(6-8-17(14)25-4)26(21,22)19-12-5-7-15(23-2)16(9-12)24-3/h5-10,19H,1-4H3,(H,18,20). The highest BCUT2D eigenvalue weighted by atomic mass is 32.2. The molecule has 0 aliphatic heterocycles. The highest BCUT2D eigenvalue weighted by Crippen LogP contribution is 2.32. The van der Waals surface area contributed by atoms with E-state index in [9.17, 15) is 13.2 Å². The number of anilines is 2. The minimum absolute atomic E-state index is 0.0360. The largest absolute Gasteiger partial charge is 0.493 e. The number of carbonyl (C=O) groups excluding carboxylic acids is 1. The van der Waals surface area contributed by atoms with E-state index in [-0.39, 0.29) is 10.8 Å². The second-order valence-electron chi connectivity index (χ2n) is 5.22. The van der Waals surface area contributed by atoms with E-state index < -0.39 is 10.0 Å². The van der Waals surface area contributed by atoms with Crippen LogP contribution in [0.3, 0.4) is 0 Å². The Morgan fingerprint density at radius 2 is 1.73 bits per heavy atom. The maximum absolute atomic E-state index is 12.7. The molecule has 7 nitrogen and oxygen atoms in total. The minimum atomic E-state index is -3.85. The molecule has 0 aliphatic carbocycles. The van der Waals surface area contributed by atoms with Crippen LogP contribution in [0.4, 0.5) is 11.4 Å². The number of thioether (sulfide) groups is 1. The topological polar surface area (TPSA) is 93.7 Å². The third-order valence-corrected chi connectivity index (χ3v) is 5.60. The van der Waals surface area contributed by atoms with Crippen molar-refractivity contribution in [3.63, 3.8) is 0 Å². The van der Waals surface area contributed by atoms with Gasteiger partial charge in [-0.3, -0.25) is 9.52 Å². The van der Waals surface area contributed by atoms with Gasteiger partial charge in [0.25, 0.3) is 10.0 Å². The predicted molar refractivity (Wildman–Crippen MR) is 103 cm³/mol. The van der Waals surface area contributed by atoms with Crippen molar-refractivity contribution >= 4 is 39.1 Å². The maximum Gasteiger partial charge on any atom is 0.261 e. The number of amides is 1. The van der Waals surface area contributed by atoms with E-state index in [0.717, 1.165) is 4.90 Å². The van der Waals surface area contributed by atoms with E-state index in [2.05, 4.69) is 10.0 Å². The SMILES string of the molecule is COc1ccc(NS(=O)(=O)c2ccc(SC)c(NC(C)=O)c2)cc1OC. The van der Waals surface area contributed by atoms with Gasteiger partial charge in [0, 0.05) is 17.9 Å². The fourth-order valence-electron chi connectivity index (χ4n) is 2.26. The van der Waals surface area contributed by atoms with Crippen LogP contribution in [0.25, 0.3) is 0 Å². The van der Waals surface area contributed by atoms with Crippen LogP contribution in [0.1, 0.15) is 6.92 Å². The van der Waals surface area contributed by atoms with Crippen LogP contribution >= 0.6 is 11.8 Å². The summed E-state index contributed by atoms with van der Waals surface area (Å²) < 4.78 is 38.2. The monoisotopic (exact) mass is 396 g/mol. The van der Waals surface area contributed by atoms with Crippen LogP contribution in [0.5, 0.6) is 11.5 Å². The Labute approximate surface area is 157 Å². The number of ether oxygens (including phenoxy) is 2. The molecule has 2 aromatic carbocycles. The summed E-state index contributed by atoms with van der Waals surface area (Å²) in [6.07, 6.45) is 1.84. The highest BCUT2D eigenvalue weighted by Gasteiger charge is 2.18. The lowest BCUT2D eigenvalue weighted by atomic mass is 10.3. The number of rotatable bonds is 7. The second kappa shape index (κ2) is 8.33. The summed E-state index contributed by atoms with van der Waals surface area (Å²) in [6, 6.07) is 9.27. The first-order chi connectivity index (χ1) is 12.3. The van der Waals surface area contributed by atoms with Gasteiger partial charge in [0.05, 0.1) is 30.5 Å². The van der Waals surface area contributed by atoms with Crippen LogP contribution in [0, 0.1) is 0 Å². The Morgan fingerprint density at radius 1 is 1.04 bits per heavy atom. The van der Waals surface area contributed by atoms with E-state index in [4.69, 9.17) is 9.47 Å². The van der Waals surface area contributed by atoms with Gasteiger partial charge in [-0.15, -0.1) is 11.8 Å². The molecule has 0 saturated carbocycles. The molecule has 0 aromatic heterocycles. The molecule has 140 valence electrons. The average Bonchev–Trinajstić information content (AvgIpc) is 2.60. The molecular formula is C17H20N2O5S2. The Morgan fingerprint density at radius 3 is 2.31 bits per heavy atom. The third kappa shape index (κ3) is 4.61. The van der Waals surface area contributed by atoms with E-state index in [1.54, 1.807) is 18.2 Å². The van der Waals surface area contributed by atoms with Crippen molar-refractivity contribution in [1.29, 1.82) is 0 Å². The summed E-state index contributed by atoms with van der Waals surface area (Å²) in [7, 11) is -0.880. The summed E-state index contributed by atoms with van der Waals surface area (Å²) in [4.78, 5) is 12.2. The Bertz CT molecular complexity index is 913. The number of carbonyl (C=O) groups is 1. The van der Waals surface area contributed by atoms with Crippen molar-refractivity contribution in [3.8, 4) is 11.5 Å². The molecule has 0 fully saturated rings. The minimum Gasteiger partial charge on any atom is -0.493 e. The molecular weight excluding hydrogens is 376 g/mol. The highest BCUT2D eigenvalue weighted by molar-refractivity contribution is 7.98. The van der Waals surface area contributed by atoms with Crippen molar-refractivity contribution in [2.24, 2.45) is 0 Å². The van der Waals surface area contributed by atoms with Crippen LogP contribution in [0.15, 0.2) is 46.2 Å². The predicted octanol–water partition coefficient (Wildman–Crippen LogP) is 3.18. The first-order valence-corrected chi connectivity index (χ1v) is 10.2. The van der Waals surface area contributed by atoms with Gasteiger partial charge in [-0.25, -0.2) is 8.42 Å². The van der Waals surface area contributed by atoms with Gasteiger partial charge in [-0.1, -0.05) is 0 Å². The average molecular weight is 396 g/mol. The molecule has 1 amide bonds. The molecule has 0 radical (unpaired) electrons. The Kier molecular flexibility index (Phi) is 6.38. The van der Waals surface area contributed by atoms with Gasteiger partial charge in [0.15, 0.2) is 11.5 Å². The Balaban J connectivity index is 2.37. The Hall–Kier alpha value is -2.39. The van der Waals surface area contributed by atoms with Crippen molar-refractivity contribution in [2.45, 2.75) is 16.7 Å². The zero-order valence-electron chi connectivity index (χ0n) is 14.8. The normalized spacial score (nSPS) is 10.9. The van der Waals surface area contributed by atoms with Gasteiger partial charge >= 0.3 is 0 Å². The number of sulfonamides is 1. The summed E-state index contributed by atoms with van der Waals surface area (Å²) in [5.74, 6) is 0.625. The zero-order valence-corrected chi connectivity index (χ0v) is 16.5. The number of hydrogen-bond donors (Lipinski definition) is 2. The van der Waals surface area contributed by atoms with E-state index in [0.29, 0.717) is 22.9 Å². The summed E-state index contributed by atoms with van der Waals surface area (Å²) in [5, 5.41) is 2.65. The van der Waals surface area contributed by atoms with Crippen molar-refractivity contribution < 1.29 is 22.7 Å². The van der Waals surface area contributed by atoms with Crippen LogP contribution < -0.4 is 19.5 Å². The lowest BCUT2D eigenvalue weighted by molar-refractivity contribution is -0.114. The molecule has 2 aromatic rings. The molecule has 2 rings (SSSR count). The zero-order chi connectivity index (χ0) is 19.3. The van der Waals surface area contributed by atoms with Crippen molar-refractivity contribution in [2.75, 3.05) is 30.5 Å². The smallest absolute Gasteiger partial charge is 0.261 e. The van der Waals surface area contributed by atoms with Crippen LogP contribution in [-0.4, -0.2) is 34.8 Å². The molecule has 26 heavy (non-hydrogen) atoms. The fourth-order valence-corrected chi connectivity index (χ4v) is 3.86. The molecule has 0 aliphatic rings. The van der Waals surface area contributed by atoms with Gasteiger partial charge in [-0.2, -0.15) is 0 Å². The van der Waals surface area contributed by atoms with Gasteiger partial charge in [-0.05, 0) is 36.6 Å².